The van der Waals surface area contributed by atoms with E-state index in [1.807, 2.05) is 12.1 Å². The van der Waals surface area contributed by atoms with Crippen LogP contribution in [0.25, 0.3) is 11.1 Å². The van der Waals surface area contributed by atoms with E-state index in [1.165, 1.54) is 22.3 Å². The van der Waals surface area contributed by atoms with Crippen LogP contribution in [0.15, 0.2) is 61.2 Å². The average Bonchev–Trinajstić information content (AvgIpc) is 2.33. The van der Waals surface area contributed by atoms with Crippen molar-refractivity contribution in [1.82, 2.24) is 0 Å². The van der Waals surface area contributed by atoms with Crippen molar-refractivity contribution in [3.05, 3.63) is 72.3 Å². The van der Waals surface area contributed by atoms with Gasteiger partial charge in [0.2, 0.25) is 0 Å². The highest BCUT2D eigenvalue weighted by Crippen LogP contribution is 2.26. The summed E-state index contributed by atoms with van der Waals surface area (Å²) in [5.41, 5.74) is 5.31. The van der Waals surface area contributed by atoms with Crippen molar-refractivity contribution >= 4 is 0 Å². The molecule has 0 saturated carbocycles. The Balaban J connectivity index is 2.56. The maximum Gasteiger partial charge on any atom is -0.00913 e. The van der Waals surface area contributed by atoms with Gasteiger partial charge in [-0.25, -0.2) is 0 Å². The summed E-state index contributed by atoms with van der Waals surface area (Å²) in [6, 6.07) is 17.0. The highest BCUT2D eigenvalue weighted by atomic mass is 14.1. The largest absolute Gasteiger partial charge is 0.103 e. The van der Waals surface area contributed by atoms with E-state index in [-0.39, 0.29) is 0 Å². The Morgan fingerprint density at radius 3 is 2.44 bits per heavy atom. The normalized spacial score (nSPS) is 10.1. The number of hydrogen-bond donors (Lipinski definition) is 0. The zero-order valence-corrected chi connectivity index (χ0v) is 9.61. The van der Waals surface area contributed by atoms with Gasteiger partial charge < -0.3 is 0 Å². The van der Waals surface area contributed by atoms with E-state index < -0.39 is 0 Å². The topological polar surface area (TPSA) is 0 Å². The molecule has 80 valence electrons. The molecule has 0 aliphatic rings. The second-order valence-corrected chi connectivity index (χ2v) is 3.96. The molecular weight excluding hydrogens is 192 g/mol. The van der Waals surface area contributed by atoms with E-state index >= 15 is 0 Å². The van der Waals surface area contributed by atoms with Crippen molar-refractivity contribution in [2.24, 2.45) is 0 Å². The number of aryl methyl sites for hydroxylation is 1. The second-order valence-electron chi connectivity index (χ2n) is 3.96. The SMILES string of the molecule is C=CCc1c(C)cccc1-c1ccccc1. The van der Waals surface area contributed by atoms with Gasteiger partial charge in [-0.2, -0.15) is 0 Å². The standard InChI is InChI=1S/C16H16/c1-3-8-15-13(2)9-7-12-16(15)14-10-5-4-6-11-14/h3-7,9-12H,1,8H2,2H3. The van der Waals surface area contributed by atoms with Crippen LogP contribution in [0.1, 0.15) is 11.1 Å². The van der Waals surface area contributed by atoms with Gasteiger partial charge >= 0.3 is 0 Å². The maximum atomic E-state index is 3.83. The molecule has 0 heteroatoms. The summed E-state index contributed by atoms with van der Waals surface area (Å²) >= 11 is 0. The van der Waals surface area contributed by atoms with E-state index in [2.05, 4.69) is 56.0 Å². The summed E-state index contributed by atoms with van der Waals surface area (Å²) in [5, 5.41) is 0. The van der Waals surface area contributed by atoms with Crippen LogP contribution in [-0.4, -0.2) is 0 Å². The van der Waals surface area contributed by atoms with Crippen LogP contribution in [0.3, 0.4) is 0 Å². The highest BCUT2D eigenvalue weighted by molar-refractivity contribution is 5.68. The minimum absolute atomic E-state index is 0.927. The minimum Gasteiger partial charge on any atom is -0.103 e. The number of allylic oxidation sites excluding steroid dienone is 1. The molecule has 0 fully saturated rings. The molecule has 0 spiro atoms. The van der Waals surface area contributed by atoms with Crippen molar-refractivity contribution in [3.8, 4) is 11.1 Å². The summed E-state index contributed by atoms with van der Waals surface area (Å²) in [5.74, 6) is 0. The van der Waals surface area contributed by atoms with Crippen LogP contribution >= 0.6 is 0 Å². The quantitative estimate of drug-likeness (QED) is 0.656. The zero-order valence-electron chi connectivity index (χ0n) is 9.61. The fourth-order valence-electron chi connectivity index (χ4n) is 2.01. The number of hydrogen-bond acceptors (Lipinski definition) is 0. The van der Waals surface area contributed by atoms with Crippen molar-refractivity contribution in [2.75, 3.05) is 0 Å². The lowest BCUT2D eigenvalue weighted by Gasteiger charge is -2.11. The van der Waals surface area contributed by atoms with Gasteiger partial charge in [0.1, 0.15) is 0 Å². The molecular formula is C16H16. The molecule has 16 heavy (non-hydrogen) atoms. The zero-order chi connectivity index (χ0) is 11.4. The molecule has 0 aliphatic carbocycles. The fraction of sp³-hybridized carbons (Fsp3) is 0.125. The molecule has 0 atom stereocenters. The first-order valence-corrected chi connectivity index (χ1v) is 5.57. The third-order valence-corrected chi connectivity index (χ3v) is 2.84. The minimum atomic E-state index is 0.927. The maximum absolute atomic E-state index is 3.83. The third kappa shape index (κ3) is 2.06. The second kappa shape index (κ2) is 4.80. The van der Waals surface area contributed by atoms with Crippen molar-refractivity contribution in [3.63, 3.8) is 0 Å². The Bertz CT molecular complexity index is 481. The van der Waals surface area contributed by atoms with Gasteiger partial charge in [-0.3, -0.25) is 0 Å². The predicted octanol–water partition coefficient (Wildman–Crippen LogP) is 4.39. The van der Waals surface area contributed by atoms with Gasteiger partial charge in [-0.15, -0.1) is 6.58 Å². The Hall–Kier alpha value is -1.82. The molecule has 0 nitrogen and oxygen atoms in total. The predicted molar refractivity (Wildman–Crippen MR) is 70.5 cm³/mol. The van der Waals surface area contributed by atoms with Crippen LogP contribution in [0.2, 0.25) is 0 Å². The molecule has 0 aliphatic heterocycles. The lowest BCUT2D eigenvalue weighted by molar-refractivity contribution is 1.22. The van der Waals surface area contributed by atoms with Gasteiger partial charge in [0.25, 0.3) is 0 Å². The number of rotatable bonds is 3. The molecule has 0 aromatic heterocycles. The van der Waals surface area contributed by atoms with Crippen LogP contribution in [0, 0.1) is 6.92 Å². The van der Waals surface area contributed by atoms with Gasteiger partial charge in [0.05, 0.1) is 0 Å². The van der Waals surface area contributed by atoms with Gasteiger partial charge in [0, 0.05) is 0 Å². The fourth-order valence-corrected chi connectivity index (χ4v) is 2.01. The van der Waals surface area contributed by atoms with Gasteiger partial charge in [-0.05, 0) is 35.6 Å². The van der Waals surface area contributed by atoms with Crippen molar-refractivity contribution in [2.45, 2.75) is 13.3 Å². The Labute approximate surface area is 97.3 Å². The smallest absolute Gasteiger partial charge is 0.00913 e. The van der Waals surface area contributed by atoms with E-state index in [1.54, 1.807) is 0 Å². The first-order chi connectivity index (χ1) is 7.83. The molecule has 0 saturated heterocycles. The summed E-state index contributed by atoms with van der Waals surface area (Å²) in [6.07, 6.45) is 2.89. The van der Waals surface area contributed by atoms with E-state index in [9.17, 15) is 0 Å². The van der Waals surface area contributed by atoms with Crippen molar-refractivity contribution < 1.29 is 0 Å². The molecule has 0 heterocycles. The van der Waals surface area contributed by atoms with Crippen LogP contribution in [0.5, 0.6) is 0 Å². The van der Waals surface area contributed by atoms with Gasteiger partial charge in [-0.1, -0.05) is 54.6 Å². The molecule has 0 unspecified atom stereocenters. The van der Waals surface area contributed by atoms with E-state index in [4.69, 9.17) is 0 Å². The summed E-state index contributed by atoms with van der Waals surface area (Å²) in [6.45, 7) is 5.99. The average molecular weight is 208 g/mol. The summed E-state index contributed by atoms with van der Waals surface area (Å²) in [4.78, 5) is 0. The van der Waals surface area contributed by atoms with Gasteiger partial charge in [0.15, 0.2) is 0 Å². The van der Waals surface area contributed by atoms with E-state index in [0.717, 1.165) is 6.42 Å². The first-order valence-electron chi connectivity index (χ1n) is 5.57. The molecule has 0 bridgehead atoms. The Morgan fingerprint density at radius 1 is 1.00 bits per heavy atom. The van der Waals surface area contributed by atoms with Crippen molar-refractivity contribution in [1.29, 1.82) is 0 Å². The van der Waals surface area contributed by atoms with Crippen LogP contribution < -0.4 is 0 Å². The third-order valence-electron chi connectivity index (χ3n) is 2.84. The summed E-state index contributed by atoms with van der Waals surface area (Å²) < 4.78 is 0. The molecule has 0 amide bonds. The summed E-state index contributed by atoms with van der Waals surface area (Å²) in [7, 11) is 0. The monoisotopic (exact) mass is 208 g/mol. The molecule has 0 radical (unpaired) electrons. The molecule has 2 aromatic rings. The highest BCUT2D eigenvalue weighted by Gasteiger charge is 2.05. The first kappa shape index (κ1) is 10.7. The lowest BCUT2D eigenvalue weighted by Crippen LogP contribution is -1.91. The van der Waals surface area contributed by atoms with Crippen LogP contribution in [0.4, 0.5) is 0 Å². The molecule has 2 rings (SSSR count). The molecule has 2 aromatic carbocycles. The lowest BCUT2D eigenvalue weighted by atomic mass is 9.94. The van der Waals surface area contributed by atoms with Crippen LogP contribution in [-0.2, 0) is 6.42 Å². The Morgan fingerprint density at radius 2 is 1.75 bits per heavy atom. The number of benzene rings is 2. The molecule has 0 N–H and O–H groups in total. The Kier molecular flexibility index (Phi) is 3.21. The van der Waals surface area contributed by atoms with E-state index in [0.29, 0.717) is 0 Å².